The van der Waals surface area contributed by atoms with E-state index < -0.39 is 18.1 Å². The number of rotatable bonds is 20. The van der Waals surface area contributed by atoms with E-state index in [2.05, 4.69) is 44.0 Å². The van der Waals surface area contributed by atoms with Crippen LogP contribution in [0.5, 0.6) is 0 Å². The monoisotopic (exact) mass is 663 g/mol. The van der Waals surface area contributed by atoms with Gasteiger partial charge in [0.05, 0.1) is 18.4 Å². The maximum Gasteiger partial charge on any atom is 0.154 e. The van der Waals surface area contributed by atoms with Crippen LogP contribution in [0.2, 0.25) is 10.2 Å². The van der Waals surface area contributed by atoms with Gasteiger partial charge in [0.15, 0.2) is 5.15 Å². The van der Waals surface area contributed by atoms with E-state index in [-0.39, 0.29) is 18.3 Å². The van der Waals surface area contributed by atoms with E-state index in [1.165, 1.54) is 0 Å². The molecule has 10 heteroatoms. The lowest BCUT2D eigenvalue weighted by Crippen LogP contribution is -2.58. The van der Waals surface area contributed by atoms with E-state index in [9.17, 15) is 5.26 Å². The van der Waals surface area contributed by atoms with Crippen LogP contribution in [0.4, 0.5) is 0 Å². The standard InChI is InChI=1S/C35H51Cl2N3O5/c1-6-10-16-41-23-30-32(42-17-11-7-2)34(44-19-13-9-4)33(43-18-12-8-3)31(45-30)25-14-15-28(36)26(21-25)27(22-38)29-20-24(5)35(37)40-39-29/h14-15,20-21,27,30-34H,6-13,16-19,23H2,1-5H3/t27?,30-,31+,32-,33+,34+/m1/s1. The molecular weight excluding hydrogens is 613 g/mol. The Kier molecular flexibility index (Phi) is 17.1. The fraction of sp³-hybridized carbons (Fsp3) is 0.686. The van der Waals surface area contributed by atoms with E-state index in [4.69, 9.17) is 46.9 Å². The molecule has 1 aromatic heterocycles. The van der Waals surface area contributed by atoms with Gasteiger partial charge in [0.2, 0.25) is 0 Å². The lowest BCUT2D eigenvalue weighted by molar-refractivity contribution is -0.268. The first kappa shape index (κ1) is 37.6. The van der Waals surface area contributed by atoms with Crippen molar-refractivity contribution in [2.24, 2.45) is 0 Å². The molecular formula is C35H51Cl2N3O5. The second-order valence-corrected chi connectivity index (χ2v) is 12.4. The smallest absolute Gasteiger partial charge is 0.154 e. The third-order valence-corrected chi connectivity index (χ3v) is 8.73. The Labute approximate surface area is 280 Å². The summed E-state index contributed by atoms with van der Waals surface area (Å²) in [6, 6.07) is 9.82. The maximum absolute atomic E-state index is 10.3. The number of nitrogens with zero attached hydrogens (tertiary/aromatic N) is 3. The second-order valence-electron chi connectivity index (χ2n) is 11.7. The predicted octanol–water partition coefficient (Wildman–Crippen LogP) is 8.56. The number of aryl methyl sites for hydroxylation is 1. The molecule has 3 rings (SSSR count). The van der Waals surface area contributed by atoms with Crippen LogP contribution in [-0.2, 0) is 23.7 Å². The summed E-state index contributed by atoms with van der Waals surface area (Å²) in [5, 5.41) is 19.3. The Morgan fingerprint density at radius 1 is 0.822 bits per heavy atom. The number of ether oxygens (including phenoxy) is 5. The van der Waals surface area contributed by atoms with Crippen LogP contribution < -0.4 is 0 Å². The van der Waals surface area contributed by atoms with Gasteiger partial charge < -0.3 is 23.7 Å². The van der Waals surface area contributed by atoms with Crippen molar-refractivity contribution in [2.75, 3.05) is 33.0 Å². The topological polar surface area (TPSA) is 95.7 Å². The molecule has 0 N–H and O–H groups in total. The SMILES string of the molecule is CCCCOC[C@H]1O[C@@H](c2ccc(Cl)c(C(C#N)c3cc(C)c(Cl)nn3)c2)[C@H](OCCCC)[C@@H](OCCCC)[C@@H]1OCCCC. The van der Waals surface area contributed by atoms with Gasteiger partial charge in [-0.25, -0.2) is 0 Å². The zero-order valence-corrected chi connectivity index (χ0v) is 29.1. The molecule has 1 aromatic carbocycles. The number of unbranched alkanes of at least 4 members (excludes halogenated alkanes) is 4. The van der Waals surface area contributed by atoms with E-state index in [0.717, 1.165) is 62.5 Å². The van der Waals surface area contributed by atoms with Crippen molar-refractivity contribution in [1.82, 2.24) is 10.2 Å². The zero-order chi connectivity index (χ0) is 32.6. The number of hydrogen-bond acceptors (Lipinski definition) is 8. The molecule has 6 atom stereocenters. The quantitative estimate of drug-likeness (QED) is 0.130. The van der Waals surface area contributed by atoms with Gasteiger partial charge in [0.25, 0.3) is 0 Å². The van der Waals surface area contributed by atoms with Crippen LogP contribution in [0.25, 0.3) is 0 Å². The highest BCUT2D eigenvalue weighted by Crippen LogP contribution is 2.40. The van der Waals surface area contributed by atoms with Crippen molar-refractivity contribution in [3.05, 3.63) is 56.8 Å². The van der Waals surface area contributed by atoms with Crippen molar-refractivity contribution in [2.45, 2.75) is 122 Å². The normalized spacial score (nSPS) is 22.3. The lowest BCUT2D eigenvalue weighted by atomic mass is 9.88. The Morgan fingerprint density at radius 3 is 2.02 bits per heavy atom. The van der Waals surface area contributed by atoms with Crippen molar-refractivity contribution >= 4 is 23.2 Å². The lowest BCUT2D eigenvalue weighted by Gasteiger charge is -2.46. The zero-order valence-electron chi connectivity index (χ0n) is 27.6. The van der Waals surface area contributed by atoms with Crippen LogP contribution in [0.1, 0.15) is 113 Å². The van der Waals surface area contributed by atoms with Gasteiger partial charge in [0.1, 0.15) is 36.4 Å². The molecule has 0 bridgehead atoms. The Morgan fingerprint density at radius 2 is 1.42 bits per heavy atom. The molecule has 0 spiro atoms. The molecule has 1 unspecified atom stereocenters. The summed E-state index contributed by atoms with van der Waals surface area (Å²) < 4.78 is 32.8. The molecule has 2 aromatic rings. The predicted molar refractivity (Wildman–Crippen MR) is 178 cm³/mol. The van der Waals surface area contributed by atoms with Crippen molar-refractivity contribution in [3.63, 3.8) is 0 Å². The summed E-state index contributed by atoms with van der Waals surface area (Å²) in [5.41, 5.74) is 2.67. The maximum atomic E-state index is 10.3. The fourth-order valence-corrected chi connectivity index (χ4v) is 5.63. The van der Waals surface area contributed by atoms with E-state index in [0.29, 0.717) is 54.5 Å². The first-order valence-electron chi connectivity index (χ1n) is 16.7. The third-order valence-electron chi connectivity index (χ3n) is 8.01. The van der Waals surface area contributed by atoms with Gasteiger partial charge in [-0.1, -0.05) is 82.6 Å². The molecule has 45 heavy (non-hydrogen) atoms. The minimum atomic E-state index is -0.751. The molecule has 1 saturated heterocycles. The summed E-state index contributed by atoms with van der Waals surface area (Å²) in [4.78, 5) is 0. The van der Waals surface area contributed by atoms with Gasteiger partial charge in [-0.3, -0.25) is 0 Å². The van der Waals surface area contributed by atoms with Gasteiger partial charge in [0, 0.05) is 31.5 Å². The minimum absolute atomic E-state index is 0.301. The average Bonchev–Trinajstić information content (AvgIpc) is 3.04. The van der Waals surface area contributed by atoms with Gasteiger partial charge >= 0.3 is 0 Å². The van der Waals surface area contributed by atoms with E-state index in [1.54, 1.807) is 6.07 Å². The third kappa shape index (κ3) is 10.9. The molecule has 0 aliphatic carbocycles. The second kappa shape index (κ2) is 20.4. The van der Waals surface area contributed by atoms with Gasteiger partial charge in [-0.15, -0.1) is 5.10 Å². The molecule has 1 fully saturated rings. The minimum Gasteiger partial charge on any atom is -0.379 e. The highest BCUT2D eigenvalue weighted by atomic mass is 35.5. The summed E-state index contributed by atoms with van der Waals surface area (Å²) in [6.45, 7) is 13.2. The highest BCUT2D eigenvalue weighted by molar-refractivity contribution is 6.31. The largest absolute Gasteiger partial charge is 0.379 e. The van der Waals surface area contributed by atoms with Crippen molar-refractivity contribution in [3.8, 4) is 6.07 Å². The van der Waals surface area contributed by atoms with Crippen LogP contribution in [0.3, 0.4) is 0 Å². The summed E-state index contributed by atoms with van der Waals surface area (Å²) in [7, 11) is 0. The molecule has 1 aliphatic rings. The number of nitriles is 1. The summed E-state index contributed by atoms with van der Waals surface area (Å²) >= 11 is 12.9. The Bertz CT molecular complexity index is 1200. The number of aromatic nitrogens is 2. The van der Waals surface area contributed by atoms with Crippen LogP contribution in [0.15, 0.2) is 24.3 Å². The van der Waals surface area contributed by atoms with Gasteiger partial charge in [-0.05, 0) is 67.5 Å². The molecule has 8 nitrogen and oxygen atoms in total. The molecule has 2 heterocycles. The summed E-state index contributed by atoms with van der Waals surface area (Å²) in [6.07, 6.45) is 5.78. The summed E-state index contributed by atoms with van der Waals surface area (Å²) in [5.74, 6) is -0.751. The first-order valence-corrected chi connectivity index (χ1v) is 17.4. The highest BCUT2D eigenvalue weighted by Gasteiger charge is 2.49. The Balaban J connectivity index is 2.07. The molecule has 0 saturated carbocycles. The van der Waals surface area contributed by atoms with Gasteiger partial charge in [-0.2, -0.15) is 10.4 Å². The van der Waals surface area contributed by atoms with Crippen LogP contribution in [-0.4, -0.2) is 67.6 Å². The number of hydrogen-bond donors (Lipinski definition) is 0. The molecule has 250 valence electrons. The molecule has 1 aliphatic heterocycles. The van der Waals surface area contributed by atoms with E-state index in [1.807, 2.05) is 25.1 Å². The number of benzene rings is 1. The van der Waals surface area contributed by atoms with Crippen LogP contribution >= 0.6 is 23.2 Å². The van der Waals surface area contributed by atoms with E-state index >= 15 is 0 Å². The fourth-order valence-electron chi connectivity index (χ4n) is 5.31. The van der Waals surface area contributed by atoms with Crippen molar-refractivity contribution in [1.29, 1.82) is 5.26 Å². The molecule has 0 amide bonds. The average molecular weight is 665 g/mol. The molecule has 0 radical (unpaired) electrons. The van der Waals surface area contributed by atoms with Crippen molar-refractivity contribution < 1.29 is 23.7 Å². The Hall–Kier alpha value is -1.83. The van der Waals surface area contributed by atoms with Crippen LogP contribution in [0, 0.1) is 18.3 Å². The first-order chi connectivity index (χ1) is 21.9. The number of halogens is 2.